The second-order valence-corrected chi connectivity index (χ2v) is 6.69. The molecule has 0 aromatic carbocycles. The highest BCUT2D eigenvalue weighted by atomic mass is 127. The van der Waals surface area contributed by atoms with Crippen LogP contribution >= 0.6 is 22.6 Å². The lowest BCUT2D eigenvalue weighted by Crippen LogP contribution is -2.48. The van der Waals surface area contributed by atoms with Gasteiger partial charge in [0.2, 0.25) is 0 Å². The van der Waals surface area contributed by atoms with Crippen LogP contribution in [-0.2, 0) is 9.47 Å². The molecule has 0 heterocycles. The van der Waals surface area contributed by atoms with Gasteiger partial charge >= 0.3 is 6.09 Å². The number of alkyl halides is 1. The molecule has 4 nitrogen and oxygen atoms in total. The fourth-order valence-corrected chi connectivity index (χ4v) is 1.97. The van der Waals surface area contributed by atoms with Gasteiger partial charge in [0.05, 0.1) is 12.1 Å². The number of amides is 1. The molecule has 1 atom stereocenters. The highest BCUT2D eigenvalue weighted by Crippen LogP contribution is 2.18. The molecule has 1 unspecified atom stereocenters. The first kappa shape index (κ1) is 19.0. The van der Waals surface area contributed by atoms with Gasteiger partial charge < -0.3 is 14.4 Å². The van der Waals surface area contributed by atoms with Gasteiger partial charge in [-0.25, -0.2) is 4.79 Å². The molecule has 1 amide bonds. The molecule has 0 rings (SSSR count). The molecule has 0 aliphatic rings. The van der Waals surface area contributed by atoms with Crippen LogP contribution in [0.3, 0.4) is 0 Å². The van der Waals surface area contributed by atoms with Gasteiger partial charge in [-0.3, -0.25) is 0 Å². The number of rotatable bonds is 7. The third-order valence-electron chi connectivity index (χ3n) is 2.50. The molecule has 0 radical (unpaired) electrons. The van der Waals surface area contributed by atoms with E-state index in [0.29, 0.717) is 19.7 Å². The van der Waals surface area contributed by atoms with E-state index in [1.165, 1.54) is 0 Å². The molecule has 0 aliphatic carbocycles. The zero-order valence-electron chi connectivity index (χ0n) is 13.1. The Balaban J connectivity index is 4.63. The Hall–Kier alpha value is -0.0400. The van der Waals surface area contributed by atoms with Crippen LogP contribution in [0.5, 0.6) is 0 Å². The first-order valence-electron chi connectivity index (χ1n) is 6.85. The molecule has 0 saturated heterocycles. The molecule has 114 valence electrons. The van der Waals surface area contributed by atoms with Crippen molar-refractivity contribution in [3.05, 3.63) is 0 Å². The van der Waals surface area contributed by atoms with Crippen LogP contribution in [0.25, 0.3) is 0 Å². The smallest absolute Gasteiger partial charge is 0.410 e. The molecule has 5 heteroatoms. The molecule has 0 aromatic heterocycles. The van der Waals surface area contributed by atoms with E-state index in [2.05, 4.69) is 29.5 Å². The van der Waals surface area contributed by atoms with E-state index in [4.69, 9.17) is 9.47 Å². The average molecular weight is 385 g/mol. The highest BCUT2D eigenvalue weighted by molar-refractivity contribution is 14.1. The maximum atomic E-state index is 12.1. The molecule has 0 aromatic rings. The summed E-state index contributed by atoms with van der Waals surface area (Å²) in [5.41, 5.74) is -0.779. The van der Waals surface area contributed by atoms with Gasteiger partial charge in [-0.2, -0.15) is 0 Å². The Bertz CT molecular complexity index is 278. The van der Waals surface area contributed by atoms with E-state index in [0.717, 1.165) is 10.8 Å². The monoisotopic (exact) mass is 385 g/mol. The number of carbonyl (C=O) groups is 1. The van der Waals surface area contributed by atoms with Crippen molar-refractivity contribution in [1.29, 1.82) is 0 Å². The van der Waals surface area contributed by atoms with Gasteiger partial charge in [0, 0.05) is 17.6 Å². The van der Waals surface area contributed by atoms with Crippen molar-refractivity contribution in [1.82, 2.24) is 4.90 Å². The summed E-state index contributed by atoms with van der Waals surface area (Å²) in [6.07, 6.45) is 0.705. The van der Waals surface area contributed by atoms with Gasteiger partial charge in [-0.1, -0.05) is 29.5 Å². The minimum absolute atomic E-state index is 0.272. The Morgan fingerprint density at radius 3 is 2.16 bits per heavy atom. The molecule has 0 N–H and O–H groups in total. The number of hydrogen-bond acceptors (Lipinski definition) is 3. The standard InChI is InChI=1S/C14H28INO3/c1-7-9-18-14(6,10-15)11-16(8-2)12(17)19-13(3,4)5/h7-11H2,1-6H3. The number of carbonyl (C=O) groups excluding carboxylic acids is 1. The molecular weight excluding hydrogens is 357 g/mol. The van der Waals surface area contributed by atoms with Gasteiger partial charge in [0.15, 0.2) is 0 Å². The first-order chi connectivity index (χ1) is 8.67. The molecule has 19 heavy (non-hydrogen) atoms. The summed E-state index contributed by atoms with van der Waals surface area (Å²) in [6.45, 7) is 13.6. The van der Waals surface area contributed by atoms with Crippen LogP contribution in [0.2, 0.25) is 0 Å². The van der Waals surface area contributed by atoms with Gasteiger partial charge in [-0.15, -0.1) is 0 Å². The maximum absolute atomic E-state index is 12.1. The van der Waals surface area contributed by atoms with E-state index in [-0.39, 0.29) is 11.7 Å². The van der Waals surface area contributed by atoms with E-state index in [9.17, 15) is 4.79 Å². The summed E-state index contributed by atoms with van der Waals surface area (Å²) < 4.78 is 12.1. The van der Waals surface area contributed by atoms with Gasteiger partial charge in [-0.05, 0) is 41.0 Å². The van der Waals surface area contributed by atoms with Crippen molar-refractivity contribution in [3.63, 3.8) is 0 Å². The maximum Gasteiger partial charge on any atom is 0.410 e. The van der Waals surface area contributed by atoms with E-state index >= 15 is 0 Å². The van der Waals surface area contributed by atoms with Crippen LogP contribution in [0.15, 0.2) is 0 Å². The topological polar surface area (TPSA) is 38.8 Å². The molecule has 0 saturated carbocycles. The van der Waals surface area contributed by atoms with E-state index in [1.807, 2.05) is 34.6 Å². The third kappa shape index (κ3) is 7.97. The minimum Gasteiger partial charge on any atom is -0.444 e. The molecular formula is C14H28INO3. The Morgan fingerprint density at radius 2 is 1.79 bits per heavy atom. The third-order valence-corrected chi connectivity index (χ3v) is 4.11. The number of halogens is 1. The number of nitrogens with zero attached hydrogens (tertiary/aromatic N) is 1. The summed E-state index contributed by atoms with van der Waals surface area (Å²) in [7, 11) is 0. The molecule has 0 spiro atoms. The summed E-state index contributed by atoms with van der Waals surface area (Å²) in [6, 6.07) is 0. The SMILES string of the molecule is CCCOC(C)(CI)CN(CC)C(=O)OC(C)(C)C. The Labute approximate surface area is 131 Å². The summed E-state index contributed by atoms with van der Waals surface area (Å²) in [5.74, 6) is 0. The second kappa shape index (κ2) is 8.29. The highest BCUT2D eigenvalue weighted by Gasteiger charge is 2.30. The van der Waals surface area contributed by atoms with Crippen LogP contribution in [0.1, 0.15) is 48.0 Å². The lowest BCUT2D eigenvalue weighted by molar-refractivity contribution is -0.0410. The largest absolute Gasteiger partial charge is 0.444 e. The molecule has 0 bridgehead atoms. The number of hydrogen-bond donors (Lipinski definition) is 0. The zero-order valence-corrected chi connectivity index (χ0v) is 15.2. The number of ether oxygens (including phenoxy) is 2. The van der Waals surface area contributed by atoms with Crippen molar-refractivity contribution in [2.45, 2.75) is 59.2 Å². The summed E-state index contributed by atoms with van der Waals surface area (Å²) in [5, 5.41) is 0. The first-order valence-corrected chi connectivity index (χ1v) is 8.38. The van der Waals surface area contributed by atoms with Gasteiger partial charge in [0.25, 0.3) is 0 Å². The lowest BCUT2D eigenvalue weighted by Gasteiger charge is -2.34. The Morgan fingerprint density at radius 1 is 1.21 bits per heavy atom. The molecule has 0 fully saturated rings. The van der Waals surface area contributed by atoms with Crippen LogP contribution in [-0.4, -0.2) is 46.3 Å². The van der Waals surface area contributed by atoms with Crippen molar-refractivity contribution >= 4 is 28.7 Å². The van der Waals surface area contributed by atoms with Crippen molar-refractivity contribution in [2.24, 2.45) is 0 Å². The molecule has 0 aliphatic heterocycles. The lowest BCUT2D eigenvalue weighted by atomic mass is 10.1. The average Bonchev–Trinajstić information content (AvgIpc) is 2.31. The van der Waals surface area contributed by atoms with Gasteiger partial charge in [0.1, 0.15) is 5.60 Å². The summed E-state index contributed by atoms with van der Waals surface area (Å²) in [4.78, 5) is 13.8. The predicted molar refractivity (Wildman–Crippen MR) is 87.0 cm³/mol. The normalized spacial score (nSPS) is 14.9. The predicted octanol–water partition coefficient (Wildman–Crippen LogP) is 3.86. The van der Waals surface area contributed by atoms with Crippen LogP contribution in [0.4, 0.5) is 4.79 Å². The van der Waals surface area contributed by atoms with E-state index < -0.39 is 5.60 Å². The fourth-order valence-electron chi connectivity index (χ4n) is 1.51. The summed E-state index contributed by atoms with van der Waals surface area (Å²) >= 11 is 2.30. The van der Waals surface area contributed by atoms with Crippen molar-refractivity contribution < 1.29 is 14.3 Å². The minimum atomic E-state index is -0.463. The van der Waals surface area contributed by atoms with E-state index in [1.54, 1.807) is 4.90 Å². The van der Waals surface area contributed by atoms with Crippen LogP contribution in [0, 0.1) is 0 Å². The van der Waals surface area contributed by atoms with Crippen molar-refractivity contribution in [2.75, 3.05) is 24.1 Å². The fraction of sp³-hybridized carbons (Fsp3) is 0.929. The Kier molecular flexibility index (Phi) is 8.27. The van der Waals surface area contributed by atoms with Crippen LogP contribution < -0.4 is 0 Å². The number of likely N-dealkylation sites (N-methyl/N-ethyl adjacent to an activating group) is 1. The quantitative estimate of drug-likeness (QED) is 0.494. The second-order valence-electron chi connectivity index (χ2n) is 5.93. The zero-order chi connectivity index (χ0) is 15.1. The van der Waals surface area contributed by atoms with Crippen molar-refractivity contribution in [3.8, 4) is 0 Å².